The van der Waals surface area contributed by atoms with E-state index in [1.165, 1.54) is 0 Å². The van der Waals surface area contributed by atoms with Crippen molar-refractivity contribution in [2.45, 2.75) is 33.2 Å². The SMILES string of the molecule is Cc1ccc(C(=O)NCc2ccc(NC(=O)C3CC3)cc2)c(C)c1. The Kier molecular flexibility index (Phi) is 4.65. The molecule has 1 saturated carbocycles. The van der Waals surface area contributed by atoms with Gasteiger partial charge in [0.15, 0.2) is 0 Å². The summed E-state index contributed by atoms with van der Waals surface area (Å²) >= 11 is 0. The van der Waals surface area contributed by atoms with Crippen molar-refractivity contribution in [3.8, 4) is 0 Å². The van der Waals surface area contributed by atoms with Crippen molar-refractivity contribution in [3.63, 3.8) is 0 Å². The van der Waals surface area contributed by atoms with E-state index in [1.807, 2.05) is 56.3 Å². The van der Waals surface area contributed by atoms with E-state index in [1.54, 1.807) is 0 Å². The minimum Gasteiger partial charge on any atom is -0.348 e. The van der Waals surface area contributed by atoms with E-state index < -0.39 is 0 Å². The van der Waals surface area contributed by atoms with Crippen molar-refractivity contribution in [2.24, 2.45) is 5.92 Å². The van der Waals surface area contributed by atoms with E-state index in [0.29, 0.717) is 12.1 Å². The molecular formula is C20H22N2O2. The number of carbonyl (C=O) groups excluding carboxylic acids is 2. The van der Waals surface area contributed by atoms with Gasteiger partial charge in [-0.3, -0.25) is 9.59 Å². The van der Waals surface area contributed by atoms with Crippen LogP contribution in [0, 0.1) is 19.8 Å². The van der Waals surface area contributed by atoms with Gasteiger partial charge in [-0.2, -0.15) is 0 Å². The first-order chi connectivity index (χ1) is 11.5. The van der Waals surface area contributed by atoms with Crippen molar-refractivity contribution >= 4 is 17.5 Å². The molecule has 1 aliphatic carbocycles. The standard InChI is InChI=1S/C20H22N2O2/c1-13-3-10-18(14(2)11-13)20(24)21-12-15-4-8-17(9-5-15)22-19(23)16-6-7-16/h3-5,8-11,16H,6-7,12H2,1-2H3,(H,21,24)(H,22,23). The summed E-state index contributed by atoms with van der Waals surface area (Å²) in [7, 11) is 0. The highest BCUT2D eigenvalue weighted by Gasteiger charge is 2.29. The highest BCUT2D eigenvalue weighted by molar-refractivity contribution is 5.95. The average molecular weight is 322 g/mol. The number of amides is 2. The van der Waals surface area contributed by atoms with Gasteiger partial charge in [0.1, 0.15) is 0 Å². The summed E-state index contributed by atoms with van der Waals surface area (Å²) in [5.41, 5.74) is 4.63. The minimum absolute atomic E-state index is 0.0707. The molecule has 2 aromatic carbocycles. The molecule has 0 bridgehead atoms. The van der Waals surface area contributed by atoms with Crippen LogP contribution >= 0.6 is 0 Å². The molecule has 0 spiro atoms. The molecule has 124 valence electrons. The predicted molar refractivity (Wildman–Crippen MR) is 94.9 cm³/mol. The molecule has 0 radical (unpaired) electrons. The number of hydrogen-bond acceptors (Lipinski definition) is 2. The van der Waals surface area contributed by atoms with Gasteiger partial charge in [0, 0.05) is 23.7 Å². The van der Waals surface area contributed by atoms with Crippen LogP contribution in [0.1, 0.15) is 39.9 Å². The predicted octanol–water partition coefficient (Wildman–Crippen LogP) is 3.58. The van der Waals surface area contributed by atoms with Crippen molar-refractivity contribution in [1.82, 2.24) is 5.32 Å². The smallest absolute Gasteiger partial charge is 0.251 e. The van der Waals surface area contributed by atoms with E-state index in [2.05, 4.69) is 10.6 Å². The molecule has 0 unspecified atom stereocenters. The maximum atomic E-state index is 12.3. The highest BCUT2D eigenvalue weighted by Crippen LogP contribution is 2.30. The number of anilines is 1. The molecule has 1 aliphatic rings. The third-order valence-corrected chi connectivity index (χ3v) is 4.25. The summed E-state index contributed by atoms with van der Waals surface area (Å²) in [4.78, 5) is 24.0. The van der Waals surface area contributed by atoms with Crippen molar-refractivity contribution in [1.29, 1.82) is 0 Å². The lowest BCUT2D eigenvalue weighted by atomic mass is 10.1. The van der Waals surface area contributed by atoms with Crippen molar-refractivity contribution < 1.29 is 9.59 Å². The van der Waals surface area contributed by atoms with Gasteiger partial charge in [0.05, 0.1) is 0 Å². The Balaban J connectivity index is 1.56. The van der Waals surface area contributed by atoms with Gasteiger partial charge in [-0.25, -0.2) is 0 Å². The molecule has 3 rings (SSSR count). The van der Waals surface area contributed by atoms with Gasteiger partial charge in [-0.15, -0.1) is 0 Å². The molecule has 4 nitrogen and oxygen atoms in total. The molecule has 0 aliphatic heterocycles. The lowest BCUT2D eigenvalue weighted by Gasteiger charge is -2.09. The molecule has 0 heterocycles. The normalized spacial score (nSPS) is 13.4. The third kappa shape index (κ3) is 4.02. The first kappa shape index (κ1) is 16.2. The van der Waals surface area contributed by atoms with Crippen LogP contribution < -0.4 is 10.6 Å². The van der Waals surface area contributed by atoms with E-state index in [0.717, 1.165) is 35.2 Å². The molecule has 0 saturated heterocycles. The zero-order valence-corrected chi connectivity index (χ0v) is 14.1. The zero-order valence-electron chi connectivity index (χ0n) is 14.1. The second kappa shape index (κ2) is 6.87. The van der Waals surface area contributed by atoms with Crippen LogP contribution in [0.25, 0.3) is 0 Å². The Morgan fingerprint density at radius 1 is 1.04 bits per heavy atom. The fraction of sp³-hybridized carbons (Fsp3) is 0.300. The number of rotatable bonds is 5. The van der Waals surface area contributed by atoms with Crippen LogP contribution in [0.5, 0.6) is 0 Å². The van der Waals surface area contributed by atoms with Gasteiger partial charge in [-0.05, 0) is 56.0 Å². The first-order valence-corrected chi connectivity index (χ1v) is 8.28. The van der Waals surface area contributed by atoms with Crippen LogP contribution in [0.2, 0.25) is 0 Å². The summed E-state index contributed by atoms with van der Waals surface area (Å²) in [5.74, 6) is 0.228. The fourth-order valence-electron chi connectivity index (χ4n) is 2.64. The van der Waals surface area contributed by atoms with Crippen LogP contribution in [-0.2, 0) is 11.3 Å². The van der Waals surface area contributed by atoms with Crippen LogP contribution in [0.3, 0.4) is 0 Å². The van der Waals surface area contributed by atoms with Gasteiger partial charge in [0.2, 0.25) is 5.91 Å². The second-order valence-corrected chi connectivity index (χ2v) is 6.46. The summed E-state index contributed by atoms with van der Waals surface area (Å²) in [6.45, 7) is 4.42. The summed E-state index contributed by atoms with van der Waals surface area (Å²) < 4.78 is 0. The van der Waals surface area contributed by atoms with Gasteiger partial charge >= 0.3 is 0 Å². The Morgan fingerprint density at radius 3 is 2.38 bits per heavy atom. The van der Waals surface area contributed by atoms with Crippen LogP contribution in [0.15, 0.2) is 42.5 Å². The molecule has 2 aromatic rings. The number of aryl methyl sites for hydroxylation is 2. The molecular weight excluding hydrogens is 300 g/mol. The summed E-state index contributed by atoms with van der Waals surface area (Å²) in [5, 5.41) is 5.85. The van der Waals surface area contributed by atoms with Crippen LogP contribution in [0.4, 0.5) is 5.69 Å². The number of benzene rings is 2. The Bertz CT molecular complexity index is 762. The molecule has 0 atom stereocenters. The zero-order chi connectivity index (χ0) is 17.1. The fourth-order valence-corrected chi connectivity index (χ4v) is 2.64. The minimum atomic E-state index is -0.0707. The van der Waals surface area contributed by atoms with E-state index in [4.69, 9.17) is 0 Å². The number of carbonyl (C=O) groups is 2. The summed E-state index contributed by atoms with van der Waals surface area (Å²) in [6, 6.07) is 13.4. The molecule has 0 aromatic heterocycles. The van der Waals surface area contributed by atoms with Crippen molar-refractivity contribution in [2.75, 3.05) is 5.32 Å². The maximum absolute atomic E-state index is 12.3. The second-order valence-electron chi connectivity index (χ2n) is 6.46. The first-order valence-electron chi connectivity index (χ1n) is 8.28. The lowest BCUT2D eigenvalue weighted by molar-refractivity contribution is -0.117. The average Bonchev–Trinajstić information content (AvgIpc) is 3.39. The number of nitrogens with one attached hydrogen (secondary N) is 2. The Hall–Kier alpha value is -2.62. The topological polar surface area (TPSA) is 58.2 Å². The van der Waals surface area contributed by atoms with Gasteiger partial charge in [0.25, 0.3) is 5.91 Å². The van der Waals surface area contributed by atoms with E-state index in [-0.39, 0.29) is 17.7 Å². The monoisotopic (exact) mass is 322 g/mol. The van der Waals surface area contributed by atoms with Crippen LogP contribution in [-0.4, -0.2) is 11.8 Å². The van der Waals surface area contributed by atoms with E-state index in [9.17, 15) is 9.59 Å². The Labute approximate surface area is 142 Å². The lowest BCUT2D eigenvalue weighted by Crippen LogP contribution is -2.23. The summed E-state index contributed by atoms with van der Waals surface area (Å²) in [6.07, 6.45) is 1.99. The van der Waals surface area contributed by atoms with Gasteiger partial charge in [-0.1, -0.05) is 29.8 Å². The highest BCUT2D eigenvalue weighted by atomic mass is 16.2. The molecule has 4 heteroatoms. The molecule has 2 amide bonds. The number of hydrogen-bond donors (Lipinski definition) is 2. The third-order valence-electron chi connectivity index (χ3n) is 4.25. The Morgan fingerprint density at radius 2 is 1.75 bits per heavy atom. The molecule has 24 heavy (non-hydrogen) atoms. The quantitative estimate of drug-likeness (QED) is 0.884. The van der Waals surface area contributed by atoms with Crippen molar-refractivity contribution in [3.05, 3.63) is 64.7 Å². The van der Waals surface area contributed by atoms with Gasteiger partial charge < -0.3 is 10.6 Å². The van der Waals surface area contributed by atoms with E-state index >= 15 is 0 Å². The molecule has 1 fully saturated rings. The maximum Gasteiger partial charge on any atom is 0.251 e. The largest absolute Gasteiger partial charge is 0.348 e. The molecule has 2 N–H and O–H groups in total.